The lowest BCUT2D eigenvalue weighted by molar-refractivity contribution is 0.211. The van der Waals surface area contributed by atoms with Crippen molar-refractivity contribution < 1.29 is 4.74 Å². The zero-order valence-electron chi connectivity index (χ0n) is 15.2. The second kappa shape index (κ2) is 9.54. The number of aromatic nitrogens is 1. The quantitative estimate of drug-likeness (QED) is 0.747. The van der Waals surface area contributed by atoms with Gasteiger partial charge < -0.3 is 15.0 Å². The van der Waals surface area contributed by atoms with Crippen LogP contribution in [0.25, 0.3) is 0 Å². The monoisotopic (exact) mass is 339 g/mol. The molecular formula is C21H29N3O. The number of likely N-dealkylation sites (tertiary alicyclic amines) is 1. The molecule has 0 unspecified atom stereocenters. The number of nitrogens with zero attached hydrogens (tertiary/aromatic N) is 2. The third-order valence-electron chi connectivity index (χ3n) is 4.97. The summed E-state index contributed by atoms with van der Waals surface area (Å²) in [6.07, 6.45) is 7.58. The molecule has 0 bridgehead atoms. The Balaban J connectivity index is 1.43. The van der Waals surface area contributed by atoms with E-state index in [4.69, 9.17) is 4.74 Å². The molecule has 0 atom stereocenters. The van der Waals surface area contributed by atoms with Crippen molar-refractivity contribution in [2.45, 2.75) is 32.4 Å². The molecule has 1 fully saturated rings. The fraction of sp³-hybridized carbons (Fsp3) is 0.476. The van der Waals surface area contributed by atoms with Crippen molar-refractivity contribution in [3.8, 4) is 5.75 Å². The average molecular weight is 339 g/mol. The topological polar surface area (TPSA) is 37.4 Å². The van der Waals surface area contributed by atoms with Gasteiger partial charge in [-0.1, -0.05) is 24.3 Å². The standard InChI is InChI=1S/C21H29N3O/c1-24-13-9-18(10-14-24)8-12-23-16-20-6-2-3-7-21(20)25-17-19-5-4-11-22-15-19/h2-7,11,15,18,23H,8-10,12-14,16-17H2,1H3. The van der Waals surface area contributed by atoms with E-state index in [2.05, 4.69) is 34.4 Å². The van der Waals surface area contributed by atoms with E-state index in [0.29, 0.717) is 6.61 Å². The molecule has 0 amide bonds. The van der Waals surface area contributed by atoms with E-state index in [0.717, 1.165) is 30.3 Å². The molecule has 1 aromatic carbocycles. The van der Waals surface area contributed by atoms with Crippen LogP contribution >= 0.6 is 0 Å². The number of piperidine rings is 1. The number of hydrogen-bond acceptors (Lipinski definition) is 4. The second-order valence-corrected chi connectivity index (χ2v) is 6.97. The third-order valence-corrected chi connectivity index (χ3v) is 4.97. The predicted octanol–water partition coefficient (Wildman–Crippen LogP) is 3.48. The molecule has 134 valence electrons. The summed E-state index contributed by atoms with van der Waals surface area (Å²) in [5.74, 6) is 1.83. The van der Waals surface area contributed by atoms with Crippen molar-refractivity contribution >= 4 is 0 Å². The molecule has 2 aromatic rings. The van der Waals surface area contributed by atoms with E-state index in [1.807, 2.05) is 30.5 Å². The zero-order chi connectivity index (χ0) is 17.3. The number of nitrogens with one attached hydrogen (secondary N) is 1. The van der Waals surface area contributed by atoms with Crippen molar-refractivity contribution in [3.63, 3.8) is 0 Å². The highest BCUT2D eigenvalue weighted by atomic mass is 16.5. The van der Waals surface area contributed by atoms with Crippen molar-refractivity contribution in [2.24, 2.45) is 5.92 Å². The van der Waals surface area contributed by atoms with Gasteiger partial charge in [-0.3, -0.25) is 4.98 Å². The lowest BCUT2D eigenvalue weighted by atomic mass is 9.94. The molecule has 1 N–H and O–H groups in total. The van der Waals surface area contributed by atoms with E-state index >= 15 is 0 Å². The van der Waals surface area contributed by atoms with Crippen molar-refractivity contribution in [1.29, 1.82) is 0 Å². The summed E-state index contributed by atoms with van der Waals surface area (Å²) < 4.78 is 6.00. The van der Waals surface area contributed by atoms with Crippen LogP contribution in [0.1, 0.15) is 30.4 Å². The summed E-state index contributed by atoms with van der Waals surface area (Å²) in [6.45, 7) is 4.98. The lowest BCUT2D eigenvalue weighted by Crippen LogP contribution is -2.31. The molecule has 0 spiro atoms. The molecule has 1 aliphatic rings. The smallest absolute Gasteiger partial charge is 0.124 e. The van der Waals surface area contributed by atoms with Gasteiger partial charge in [0.15, 0.2) is 0 Å². The molecule has 0 saturated carbocycles. The first-order valence-electron chi connectivity index (χ1n) is 9.30. The Hall–Kier alpha value is -1.91. The number of para-hydroxylation sites is 1. The first-order chi connectivity index (χ1) is 12.3. The molecule has 4 heteroatoms. The molecule has 0 radical (unpaired) electrons. The minimum atomic E-state index is 0.556. The maximum absolute atomic E-state index is 6.00. The van der Waals surface area contributed by atoms with Crippen LogP contribution in [0.15, 0.2) is 48.8 Å². The summed E-state index contributed by atoms with van der Waals surface area (Å²) in [6, 6.07) is 12.3. The molecule has 1 saturated heterocycles. The first-order valence-corrected chi connectivity index (χ1v) is 9.30. The Morgan fingerprint density at radius 1 is 1.16 bits per heavy atom. The minimum Gasteiger partial charge on any atom is -0.489 e. The summed E-state index contributed by atoms with van der Waals surface area (Å²) >= 11 is 0. The van der Waals surface area contributed by atoms with Gasteiger partial charge in [0.25, 0.3) is 0 Å². The van der Waals surface area contributed by atoms with Crippen LogP contribution in [0.5, 0.6) is 5.75 Å². The van der Waals surface area contributed by atoms with Gasteiger partial charge in [0.1, 0.15) is 12.4 Å². The molecule has 1 aliphatic heterocycles. The fourth-order valence-corrected chi connectivity index (χ4v) is 3.32. The predicted molar refractivity (Wildman–Crippen MR) is 102 cm³/mol. The second-order valence-electron chi connectivity index (χ2n) is 6.97. The summed E-state index contributed by atoms with van der Waals surface area (Å²) in [7, 11) is 2.22. The molecule has 0 aliphatic carbocycles. The van der Waals surface area contributed by atoms with Gasteiger partial charge in [-0.2, -0.15) is 0 Å². The van der Waals surface area contributed by atoms with E-state index in [1.165, 1.54) is 37.9 Å². The van der Waals surface area contributed by atoms with Crippen molar-refractivity contribution in [3.05, 3.63) is 59.9 Å². The highest BCUT2D eigenvalue weighted by Crippen LogP contribution is 2.20. The number of ether oxygens (including phenoxy) is 1. The zero-order valence-corrected chi connectivity index (χ0v) is 15.2. The van der Waals surface area contributed by atoms with E-state index in [1.54, 1.807) is 6.20 Å². The van der Waals surface area contributed by atoms with Crippen LogP contribution in [-0.2, 0) is 13.2 Å². The van der Waals surface area contributed by atoms with Gasteiger partial charge in [0.05, 0.1) is 0 Å². The Labute approximate surface area is 151 Å². The summed E-state index contributed by atoms with van der Waals surface area (Å²) in [5.41, 5.74) is 2.31. The highest BCUT2D eigenvalue weighted by Gasteiger charge is 2.15. The number of benzene rings is 1. The summed E-state index contributed by atoms with van der Waals surface area (Å²) in [4.78, 5) is 6.56. The molecule has 3 rings (SSSR count). The maximum Gasteiger partial charge on any atom is 0.124 e. The Bertz CT molecular complexity index is 624. The van der Waals surface area contributed by atoms with Gasteiger partial charge in [-0.15, -0.1) is 0 Å². The number of rotatable bonds is 8. The van der Waals surface area contributed by atoms with Gasteiger partial charge >= 0.3 is 0 Å². The molecule has 4 nitrogen and oxygen atoms in total. The molecule has 2 heterocycles. The Kier molecular flexibility index (Phi) is 6.83. The van der Waals surface area contributed by atoms with E-state index < -0.39 is 0 Å². The van der Waals surface area contributed by atoms with Crippen LogP contribution in [0.4, 0.5) is 0 Å². The van der Waals surface area contributed by atoms with Gasteiger partial charge in [-0.05, 0) is 64.0 Å². The molecule has 25 heavy (non-hydrogen) atoms. The molecular weight excluding hydrogens is 310 g/mol. The highest BCUT2D eigenvalue weighted by molar-refractivity contribution is 5.33. The maximum atomic E-state index is 6.00. The number of pyridine rings is 1. The van der Waals surface area contributed by atoms with Gasteiger partial charge in [0.2, 0.25) is 0 Å². The van der Waals surface area contributed by atoms with Gasteiger partial charge in [0, 0.05) is 30.1 Å². The largest absolute Gasteiger partial charge is 0.489 e. The van der Waals surface area contributed by atoms with Crippen LogP contribution in [0, 0.1) is 5.92 Å². The van der Waals surface area contributed by atoms with Crippen molar-refractivity contribution in [1.82, 2.24) is 15.2 Å². The van der Waals surface area contributed by atoms with Crippen LogP contribution in [-0.4, -0.2) is 36.6 Å². The minimum absolute atomic E-state index is 0.556. The lowest BCUT2D eigenvalue weighted by Gasteiger charge is -2.28. The Morgan fingerprint density at radius 3 is 2.80 bits per heavy atom. The SMILES string of the molecule is CN1CCC(CCNCc2ccccc2OCc2cccnc2)CC1. The van der Waals surface area contributed by atoms with Crippen molar-refractivity contribution in [2.75, 3.05) is 26.7 Å². The fourth-order valence-electron chi connectivity index (χ4n) is 3.32. The van der Waals surface area contributed by atoms with Crippen LogP contribution < -0.4 is 10.1 Å². The Morgan fingerprint density at radius 2 is 2.00 bits per heavy atom. The van der Waals surface area contributed by atoms with E-state index in [9.17, 15) is 0 Å². The van der Waals surface area contributed by atoms with E-state index in [-0.39, 0.29) is 0 Å². The first kappa shape index (κ1) is 17.9. The number of hydrogen-bond donors (Lipinski definition) is 1. The average Bonchev–Trinajstić information content (AvgIpc) is 2.66. The van der Waals surface area contributed by atoms with Gasteiger partial charge in [-0.25, -0.2) is 0 Å². The summed E-state index contributed by atoms with van der Waals surface area (Å²) in [5, 5.41) is 3.59. The molecule has 1 aromatic heterocycles. The normalized spacial score (nSPS) is 16.0. The van der Waals surface area contributed by atoms with Crippen LogP contribution in [0.3, 0.4) is 0 Å². The third kappa shape index (κ3) is 5.83. The van der Waals surface area contributed by atoms with Crippen LogP contribution in [0.2, 0.25) is 0 Å².